The fraction of sp³-hybridized carbons (Fsp3) is 0.188. The van der Waals surface area contributed by atoms with Gasteiger partial charge in [0.05, 0.1) is 13.4 Å². The van der Waals surface area contributed by atoms with Gasteiger partial charge in [-0.2, -0.15) is 0 Å². The van der Waals surface area contributed by atoms with Crippen molar-refractivity contribution in [2.24, 2.45) is 0 Å². The quantitative estimate of drug-likeness (QED) is 0.770. The van der Waals surface area contributed by atoms with E-state index < -0.39 is 0 Å². The fourth-order valence-electron chi connectivity index (χ4n) is 2.35. The number of hydrogen-bond acceptors (Lipinski definition) is 3. The highest BCUT2D eigenvalue weighted by Gasteiger charge is 2.22. The van der Waals surface area contributed by atoms with Crippen molar-refractivity contribution in [2.75, 3.05) is 7.11 Å². The number of carbonyl (C=O) groups excluding carboxylic acids is 1. The first-order valence-electron chi connectivity index (χ1n) is 6.23. The Morgan fingerprint density at radius 2 is 2.16 bits per heavy atom. The predicted octanol–water partition coefficient (Wildman–Crippen LogP) is 3.50. The molecular weight excluding hydrogens is 240 g/mol. The zero-order chi connectivity index (χ0) is 13.2. The Hall–Kier alpha value is -2.29. The van der Waals surface area contributed by atoms with Crippen LogP contribution < -0.4 is 4.74 Å². The molecule has 0 saturated carbocycles. The molecule has 0 N–H and O–H groups in total. The molecule has 0 unspecified atom stereocenters. The second kappa shape index (κ2) is 4.76. The van der Waals surface area contributed by atoms with E-state index in [-0.39, 0.29) is 5.78 Å². The van der Waals surface area contributed by atoms with Gasteiger partial charge in [0.25, 0.3) is 0 Å². The second-order valence-corrected chi connectivity index (χ2v) is 4.54. The highest BCUT2D eigenvalue weighted by Crippen LogP contribution is 2.29. The molecule has 96 valence electrons. The standard InChI is InChI=1S/C16H14O3/c1-18-13-7-6-11-4-5-12(16(17)15(11)10-13)9-14-3-2-8-19-14/h2-3,6-10H,4-5H2,1H3/b12-9+. The van der Waals surface area contributed by atoms with Gasteiger partial charge in [0, 0.05) is 11.1 Å². The number of aryl methyl sites for hydroxylation is 1. The van der Waals surface area contributed by atoms with Crippen molar-refractivity contribution in [3.05, 3.63) is 59.1 Å². The molecule has 2 aromatic rings. The van der Waals surface area contributed by atoms with Gasteiger partial charge in [-0.15, -0.1) is 0 Å². The summed E-state index contributed by atoms with van der Waals surface area (Å²) in [7, 11) is 1.61. The van der Waals surface area contributed by atoms with Crippen molar-refractivity contribution >= 4 is 11.9 Å². The van der Waals surface area contributed by atoms with Crippen LogP contribution in [0.4, 0.5) is 0 Å². The number of rotatable bonds is 2. The number of allylic oxidation sites excluding steroid dienone is 1. The van der Waals surface area contributed by atoms with Crippen molar-refractivity contribution in [2.45, 2.75) is 12.8 Å². The Balaban J connectivity index is 1.99. The highest BCUT2D eigenvalue weighted by atomic mass is 16.5. The molecular formula is C16H14O3. The molecule has 0 fully saturated rings. The lowest BCUT2D eigenvalue weighted by Gasteiger charge is -2.17. The van der Waals surface area contributed by atoms with Crippen molar-refractivity contribution < 1.29 is 13.9 Å². The molecule has 0 aliphatic heterocycles. The number of carbonyl (C=O) groups is 1. The molecule has 3 nitrogen and oxygen atoms in total. The van der Waals surface area contributed by atoms with Gasteiger partial charge in [0.2, 0.25) is 0 Å². The van der Waals surface area contributed by atoms with Crippen LogP contribution in [0.15, 0.2) is 46.6 Å². The first kappa shape index (κ1) is 11.8. The minimum Gasteiger partial charge on any atom is -0.497 e. The lowest BCUT2D eigenvalue weighted by Crippen LogP contribution is -2.14. The number of methoxy groups -OCH3 is 1. The van der Waals surface area contributed by atoms with Gasteiger partial charge < -0.3 is 9.15 Å². The molecule has 1 aromatic carbocycles. The highest BCUT2D eigenvalue weighted by molar-refractivity contribution is 6.13. The first-order chi connectivity index (χ1) is 9.28. The van der Waals surface area contributed by atoms with Crippen molar-refractivity contribution in [1.29, 1.82) is 0 Å². The maximum atomic E-state index is 12.4. The molecule has 0 radical (unpaired) electrons. The van der Waals surface area contributed by atoms with Gasteiger partial charge in [-0.1, -0.05) is 6.07 Å². The molecule has 0 spiro atoms. The third-order valence-corrected chi connectivity index (χ3v) is 3.38. The summed E-state index contributed by atoms with van der Waals surface area (Å²) >= 11 is 0. The van der Waals surface area contributed by atoms with Crippen LogP contribution in [0.1, 0.15) is 28.1 Å². The van der Waals surface area contributed by atoms with Crippen LogP contribution in [-0.2, 0) is 6.42 Å². The van der Waals surface area contributed by atoms with Crippen molar-refractivity contribution in [3.63, 3.8) is 0 Å². The van der Waals surface area contributed by atoms with Gasteiger partial charge in [0.1, 0.15) is 11.5 Å². The van der Waals surface area contributed by atoms with Crippen molar-refractivity contribution in [1.82, 2.24) is 0 Å². The van der Waals surface area contributed by atoms with Crippen LogP contribution in [0.2, 0.25) is 0 Å². The summed E-state index contributed by atoms with van der Waals surface area (Å²) in [5, 5.41) is 0. The Labute approximate surface area is 111 Å². The van der Waals surface area contributed by atoms with E-state index in [0.717, 1.165) is 35.3 Å². The molecule has 3 heteroatoms. The van der Waals surface area contributed by atoms with Crippen LogP contribution in [0.3, 0.4) is 0 Å². The first-order valence-corrected chi connectivity index (χ1v) is 6.23. The summed E-state index contributed by atoms with van der Waals surface area (Å²) in [5.41, 5.74) is 2.61. The molecule has 0 atom stereocenters. The Morgan fingerprint density at radius 1 is 1.26 bits per heavy atom. The minimum atomic E-state index is 0.0663. The molecule has 3 rings (SSSR count). The molecule has 19 heavy (non-hydrogen) atoms. The van der Waals surface area contributed by atoms with E-state index in [9.17, 15) is 4.79 Å². The Bertz CT molecular complexity index is 636. The average Bonchev–Trinajstić information content (AvgIpc) is 2.95. The lowest BCUT2D eigenvalue weighted by molar-refractivity contribution is 0.102. The van der Waals surface area contributed by atoms with Crippen LogP contribution in [0.5, 0.6) is 5.75 Å². The zero-order valence-corrected chi connectivity index (χ0v) is 10.7. The largest absolute Gasteiger partial charge is 0.497 e. The molecule has 1 aliphatic carbocycles. The molecule has 1 heterocycles. The summed E-state index contributed by atoms with van der Waals surface area (Å²) in [4.78, 5) is 12.4. The predicted molar refractivity (Wildman–Crippen MR) is 72.3 cm³/mol. The summed E-state index contributed by atoms with van der Waals surface area (Å²) < 4.78 is 10.4. The van der Waals surface area contributed by atoms with Gasteiger partial charge >= 0.3 is 0 Å². The normalized spacial score (nSPS) is 16.5. The van der Waals surface area contributed by atoms with Crippen LogP contribution in [0.25, 0.3) is 6.08 Å². The second-order valence-electron chi connectivity index (χ2n) is 4.54. The number of benzene rings is 1. The summed E-state index contributed by atoms with van der Waals surface area (Å²) in [6.45, 7) is 0. The van der Waals surface area contributed by atoms with Gasteiger partial charge in [0.15, 0.2) is 5.78 Å². The van der Waals surface area contributed by atoms with E-state index in [1.165, 1.54) is 0 Å². The third-order valence-electron chi connectivity index (χ3n) is 3.38. The number of fused-ring (bicyclic) bond motifs is 1. The van der Waals surface area contributed by atoms with Gasteiger partial charge in [-0.05, 0) is 48.7 Å². The Morgan fingerprint density at radius 3 is 2.89 bits per heavy atom. The van der Waals surface area contributed by atoms with Gasteiger partial charge in [-0.3, -0.25) is 4.79 Å². The topological polar surface area (TPSA) is 39.4 Å². The average molecular weight is 254 g/mol. The SMILES string of the molecule is COc1ccc2c(c1)C(=O)/C(=C/c1ccco1)CC2. The minimum absolute atomic E-state index is 0.0663. The summed E-state index contributed by atoms with van der Waals surface area (Å²) in [6, 6.07) is 9.34. The summed E-state index contributed by atoms with van der Waals surface area (Å²) in [5.74, 6) is 1.50. The smallest absolute Gasteiger partial charge is 0.189 e. The molecule has 0 amide bonds. The molecule has 1 aliphatic rings. The number of ether oxygens (including phenoxy) is 1. The van der Waals surface area contributed by atoms with Crippen molar-refractivity contribution in [3.8, 4) is 5.75 Å². The lowest BCUT2D eigenvalue weighted by atomic mass is 9.86. The number of Topliss-reactive ketones (excluding diaryl/α,β-unsaturated/α-hetero) is 1. The number of ketones is 1. The van der Waals surface area contributed by atoms with E-state index in [0.29, 0.717) is 5.75 Å². The van der Waals surface area contributed by atoms with E-state index >= 15 is 0 Å². The Kier molecular flexibility index (Phi) is 2.95. The van der Waals surface area contributed by atoms with E-state index in [1.807, 2.05) is 36.4 Å². The van der Waals surface area contributed by atoms with Crippen LogP contribution in [-0.4, -0.2) is 12.9 Å². The van der Waals surface area contributed by atoms with E-state index in [1.54, 1.807) is 13.4 Å². The zero-order valence-electron chi connectivity index (χ0n) is 10.7. The van der Waals surface area contributed by atoms with E-state index in [2.05, 4.69) is 0 Å². The fourth-order valence-corrected chi connectivity index (χ4v) is 2.35. The van der Waals surface area contributed by atoms with Crippen LogP contribution >= 0.6 is 0 Å². The monoisotopic (exact) mass is 254 g/mol. The van der Waals surface area contributed by atoms with Crippen LogP contribution in [0, 0.1) is 0 Å². The maximum Gasteiger partial charge on any atom is 0.189 e. The summed E-state index contributed by atoms with van der Waals surface area (Å²) in [6.07, 6.45) is 5.05. The number of hydrogen-bond donors (Lipinski definition) is 0. The van der Waals surface area contributed by atoms with Gasteiger partial charge in [-0.25, -0.2) is 0 Å². The molecule has 0 bridgehead atoms. The third kappa shape index (κ3) is 2.19. The molecule has 1 aromatic heterocycles. The molecule has 0 saturated heterocycles. The van der Waals surface area contributed by atoms with E-state index in [4.69, 9.17) is 9.15 Å². The maximum absolute atomic E-state index is 12.4. The number of furan rings is 1.